The van der Waals surface area contributed by atoms with Gasteiger partial charge in [-0.05, 0) is 98.9 Å². The molecule has 1 aromatic heterocycles. The lowest BCUT2D eigenvalue weighted by Gasteiger charge is -2.17. The maximum absolute atomic E-state index is 5.42. The second kappa shape index (κ2) is 19.3. The quantitative estimate of drug-likeness (QED) is 0.0550. The highest BCUT2D eigenvalue weighted by atomic mass is 16.5. The molecular weight excluding hydrogens is 674 g/mol. The Hall–Kier alpha value is -6.35. The van der Waals surface area contributed by atoms with Crippen molar-refractivity contribution >= 4 is 52.0 Å². The minimum absolute atomic E-state index is 0.359. The van der Waals surface area contributed by atoms with Crippen molar-refractivity contribution in [2.24, 2.45) is 20.5 Å². The van der Waals surface area contributed by atoms with Gasteiger partial charge in [-0.1, -0.05) is 26.0 Å². The molecule has 1 heterocycles. The standard InChI is InChI=1S/C38H45N11O4/c1-7-49(8-2)25-11-24-39-36-42-37(40-26-16-20-28(21-17-26)45-47-34-30(50-3)12-9-13-31(34)51-4)44-38(43-36)41-27-18-22-29(23-19-27)46-48-35-32(52-5)14-10-15-33(35)53-6/h9-10,12-23H,7-8,11,24-25H2,1-6H3,(H3,39,40,41,42,43,44)/b47-45+,48-46+. The van der Waals surface area contributed by atoms with Crippen LogP contribution in [0.2, 0.25) is 0 Å². The summed E-state index contributed by atoms with van der Waals surface area (Å²) < 4.78 is 21.7. The first kappa shape index (κ1) is 37.9. The predicted octanol–water partition coefficient (Wildman–Crippen LogP) is 9.37. The van der Waals surface area contributed by atoms with Crippen LogP contribution >= 0.6 is 0 Å². The summed E-state index contributed by atoms with van der Waals surface area (Å²) in [5.74, 6) is 3.42. The lowest BCUT2D eigenvalue weighted by molar-refractivity contribution is 0.303. The maximum atomic E-state index is 5.42. The van der Waals surface area contributed by atoms with Crippen LogP contribution in [0.3, 0.4) is 0 Å². The van der Waals surface area contributed by atoms with Gasteiger partial charge in [-0.15, -0.1) is 10.2 Å². The van der Waals surface area contributed by atoms with Gasteiger partial charge >= 0.3 is 0 Å². The van der Waals surface area contributed by atoms with Gasteiger partial charge < -0.3 is 39.8 Å². The zero-order valence-electron chi connectivity index (χ0n) is 30.8. The molecule has 5 rings (SSSR count). The van der Waals surface area contributed by atoms with E-state index in [0.29, 0.717) is 70.1 Å². The molecule has 4 aromatic carbocycles. The zero-order chi connectivity index (χ0) is 37.4. The van der Waals surface area contributed by atoms with Gasteiger partial charge in [0.25, 0.3) is 0 Å². The molecule has 15 heteroatoms. The molecule has 5 aromatic rings. The fourth-order valence-electron chi connectivity index (χ4n) is 5.17. The van der Waals surface area contributed by atoms with Gasteiger partial charge in [-0.25, -0.2) is 0 Å². The number of hydrogen-bond donors (Lipinski definition) is 3. The molecule has 3 N–H and O–H groups in total. The van der Waals surface area contributed by atoms with Gasteiger partial charge in [0.15, 0.2) is 11.4 Å². The summed E-state index contributed by atoms with van der Waals surface area (Å²) in [6, 6.07) is 25.7. The van der Waals surface area contributed by atoms with Gasteiger partial charge in [0.2, 0.25) is 17.8 Å². The molecule has 0 atom stereocenters. The third-order valence-corrected chi connectivity index (χ3v) is 8.05. The van der Waals surface area contributed by atoms with Gasteiger partial charge in [0.05, 0.1) is 39.8 Å². The molecular formula is C38H45N11O4. The van der Waals surface area contributed by atoms with Gasteiger partial charge in [0.1, 0.15) is 23.0 Å². The van der Waals surface area contributed by atoms with Crippen molar-refractivity contribution in [2.75, 3.05) is 70.6 Å². The molecule has 0 fully saturated rings. The average molecular weight is 720 g/mol. The van der Waals surface area contributed by atoms with Crippen LogP contribution in [-0.2, 0) is 0 Å². The lowest BCUT2D eigenvalue weighted by atomic mass is 10.2. The fourth-order valence-corrected chi connectivity index (χ4v) is 5.17. The molecule has 0 amide bonds. The highest BCUT2D eigenvalue weighted by molar-refractivity contribution is 5.64. The number of anilines is 5. The van der Waals surface area contributed by atoms with Crippen molar-refractivity contribution in [1.82, 2.24) is 19.9 Å². The van der Waals surface area contributed by atoms with Crippen LogP contribution in [0.5, 0.6) is 23.0 Å². The zero-order valence-corrected chi connectivity index (χ0v) is 30.8. The first-order valence-corrected chi connectivity index (χ1v) is 17.2. The number of nitrogens with zero attached hydrogens (tertiary/aromatic N) is 8. The minimum atomic E-state index is 0.359. The summed E-state index contributed by atoms with van der Waals surface area (Å²) in [6.45, 7) is 8.02. The molecule has 0 radical (unpaired) electrons. The summed E-state index contributed by atoms with van der Waals surface area (Å²) in [7, 11) is 6.32. The van der Waals surface area contributed by atoms with Crippen molar-refractivity contribution in [2.45, 2.75) is 20.3 Å². The number of rotatable bonds is 19. The topological polar surface area (TPSA) is 164 Å². The Labute approximate surface area is 309 Å². The molecule has 0 saturated heterocycles. The Balaban J connectivity index is 1.31. The van der Waals surface area contributed by atoms with E-state index in [2.05, 4.69) is 70.1 Å². The second-order valence-corrected chi connectivity index (χ2v) is 11.4. The van der Waals surface area contributed by atoms with Crippen LogP contribution in [0.25, 0.3) is 0 Å². The fraction of sp³-hybridized carbons (Fsp3) is 0.289. The van der Waals surface area contributed by atoms with Crippen molar-refractivity contribution in [1.29, 1.82) is 0 Å². The van der Waals surface area contributed by atoms with E-state index in [4.69, 9.17) is 18.9 Å². The Bertz CT molecular complexity index is 1800. The molecule has 0 aliphatic rings. The summed E-state index contributed by atoms with van der Waals surface area (Å²) in [6.07, 6.45) is 0.937. The van der Waals surface area contributed by atoms with Crippen molar-refractivity contribution < 1.29 is 18.9 Å². The van der Waals surface area contributed by atoms with Gasteiger partial charge in [0, 0.05) is 17.9 Å². The second-order valence-electron chi connectivity index (χ2n) is 11.4. The Morgan fingerprint density at radius 3 is 1.30 bits per heavy atom. The smallest absolute Gasteiger partial charge is 0.233 e. The molecule has 0 spiro atoms. The molecule has 15 nitrogen and oxygen atoms in total. The van der Waals surface area contributed by atoms with E-state index in [1.807, 2.05) is 60.7 Å². The third-order valence-electron chi connectivity index (χ3n) is 8.05. The summed E-state index contributed by atoms with van der Waals surface area (Å²) >= 11 is 0. The van der Waals surface area contributed by atoms with E-state index in [0.717, 1.165) is 37.4 Å². The molecule has 276 valence electrons. The van der Waals surface area contributed by atoms with Crippen molar-refractivity contribution in [3.63, 3.8) is 0 Å². The number of azo groups is 2. The van der Waals surface area contributed by atoms with Gasteiger partial charge in [-0.2, -0.15) is 25.2 Å². The number of methoxy groups -OCH3 is 4. The Kier molecular flexibility index (Phi) is 13.8. The maximum Gasteiger partial charge on any atom is 0.233 e. The molecule has 0 aliphatic heterocycles. The lowest BCUT2D eigenvalue weighted by Crippen LogP contribution is -2.25. The van der Waals surface area contributed by atoms with Crippen LogP contribution in [-0.4, -0.2) is 74.5 Å². The summed E-state index contributed by atoms with van der Waals surface area (Å²) in [5, 5.41) is 27.4. The summed E-state index contributed by atoms with van der Waals surface area (Å²) in [4.78, 5) is 16.3. The number of ether oxygens (including phenoxy) is 4. The van der Waals surface area contributed by atoms with Crippen LogP contribution in [0.15, 0.2) is 105 Å². The molecule has 0 unspecified atom stereocenters. The molecule has 0 saturated carbocycles. The number of benzene rings is 4. The van der Waals surface area contributed by atoms with Crippen molar-refractivity contribution in [3.05, 3.63) is 84.9 Å². The van der Waals surface area contributed by atoms with E-state index in [1.165, 1.54) is 0 Å². The monoisotopic (exact) mass is 719 g/mol. The van der Waals surface area contributed by atoms with Crippen LogP contribution in [0.4, 0.5) is 52.0 Å². The Morgan fingerprint density at radius 2 is 0.925 bits per heavy atom. The molecule has 53 heavy (non-hydrogen) atoms. The third kappa shape index (κ3) is 10.6. The van der Waals surface area contributed by atoms with E-state index in [-0.39, 0.29) is 0 Å². The van der Waals surface area contributed by atoms with E-state index in [9.17, 15) is 0 Å². The SMILES string of the molecule is CCN(CC)CCCNc1nc(Nc2ccc(/N=N/c3c(OC)cccc3OC)cc2)nc(Nc2ccc(/N=N/c3c(OC)cccc3OC)cc2)n1. The average Bonchev–Trinajstić information content (AvgIpc) is 3.20. The van der Waals surface area contributed by atoms with E-state index >= 15 is 0 Å². The number of hydrogen-bond acceptors (Lipinski definition) is 15. The van der Waals surface area contributed by atoms with Crippen molar-refractivity contribution in [3.8, 4) is 23.0 Å². The largest absolute Gasteiger partial charge is 0.494 e. The Morgan fingerprint density at radius 1 is 0.528 bits per heavy atom. The normalized spacial score (nSPS) is 11.2. The van der Waals surface area contributed by atoms with Gasteiger partial charge in [-0.3, -0.25) is 0 Å². The molecule has 0 aliphatic carbocycles. The number of aromatic nitrogens is 3. The number of nitrogens with one attached hydrogen (secondary N) is 3. The first-order chi connectivity index (χ1) is 26.0. The van der Waals surface area contributed by atoms with Crippen LogP contribution in [0.1, 0.15) is 20.3 Å². The van der Waals surface area contributed by atoms with Crippen LogP contribution in [0, 0.1) is 0 Å². The minimum Gasteiger partial charge on any atom is -0.494 e. The first-order valence-electron chi connectivity index (χ1n) is 17.2. The van der Waals surface area contributed by atoms with E-state index in [1.54, 1.807) is 52.7 Å². The van der Waals surface area contributed by atoms with Crippen LogP contribution < -0.4 is 34.9 Å². The highest BCUT2D eigenvalue weighted by Gasteiger charge is 2.12. The van der Waals surface area contributed by atoms with E-state index < -0.39 is 0 Å². The molecule has 0 bridgehead atoms. The summed E-state index contributed by atoms with van der Waals surface area (Å²) in [5.41, 5.74) is 3.81. The highest BCUT2D eigenvalue weighted by Crippen LogP contribution is 2.39. The predicted molar refractivity (Wildman–Crippen MR) is 208 cm³/mol.